The fourth-order valence-corrected chi connectivity index (χ4v) is 6.78. The van der Waals surface area contributed by atoms with Crippen molar-refractivity contribution in [2.45, 2.75) is 40.0 Å². The van der Waals surface area contributed by atoms with Gasteiger partial charge in [-0.3, -0.25) is 28.9 Å². The Balaban J connectivity index is 0.000000185. The normalized spacial score (nSPS) is 11.0. The first-order valence-corrected chi connectivity index (χ1v) is 18.8. The number of pyridine rings is 2. The highest BCUT2D eigenvalue weighted by atomic mass is 19.4. The maximum Gasteiger partial charge on any atom is 0.437 e. The van der Waals surface area contributed by atoms with Crippen LogP contribution in [0, 0.1) is 43.4 Å². The van der Waals surface area contributed by atoms with E-state index in [1.165, 1.54) is 23.9 Å². The Morgan fingerprint density at radius 2 is 1.07 bits per heavy atom. The molecule has 0 radical (unpaired) electrons. The minimum Gasteiger partial charge on any atom is -0.319 e. The number of hydrogen-bond donors (Lipinski definition) is 2. The van der Waals surface area contributed by atoms with Crippen LogP contribution in [-0.2, 0) is 19.3 Å². The maximum atomic E-state index is 13.7. The van der Waals surface area contributed by atoms with Crippen molar-refractivity contribution in [2.75, 3.05) is 10.6 Å². The molecule has 8 rings (SSSR count). The Morgan fingerprint density at radius 1 is 0.623 bits per heavy atom. The van der Waals surface area contributed by atoms with E-state index in [0.717, 1.165) is 33.1 Å². The minimum atomic E-state index is -4.76. The second-order valence-electron chi connectivity index (χ2n) is 14.0. The molecule has 302 valence electrons. The summed E-state index contributed by atoms with van der Waals surface area (Å²) in [6, 6.07) is 32.2. The molecule has 0 bridgehead atoms. The third-order valence-corrected chi connectivity index (χ3v) is 10.0. The van der Waals surface area contributed by atoms with Gasteiger partial charge in [-0.1, -0.05) is 48.5 Å². The van der Waals surface area contributed by atoms with Crippen LogP contribution < -0.4 is 10.6 Å². The average Bonchev–Trinajstić information content (AvgIpc) is 3.72. The highest BCUT2D eigenvalue weighted by Gasteiger charge is 2.39. The van der Waals surface area contributed by atoms with Gasteiger partial charge in [0, 0.05) is 46.7 Å². The lowest BCUT2D eigenvalue weighted by Gasteiger charge is -2.10. The molecule has 0 aliphatic rings. The van der Waals surface area contributed by atoms with Crippen molar-refractivity contribution >= 4 is 44.7 Å². The molecule has 0 saturated heterocycles. The number of hydrogen-bond acceptors (Lipinski definition) is 8. The Hall–Kier alpha value is -8.17. The second-order valence-corrected chi connectivity index (χ2v) is 14.0. The molecule has 15 heteroatoms. The first kappa shape index (κ1) is 41.0. The van der Waals surface area contributed by atoms with Crippen molar-refractivity contribution in [3.05, 3.63) is 178 Å². The van der Waals surface area contributed by atoms with Gasteiger partial charge >= 0.3 is 6.18 Å². The zero-order valence-corrected chi connectivity index (χ0v) is 33.0. The molecule has 4 heterocycles. The lowest BCUT2D eigenvalue weighted by atomic mass is 10.1. The number of nitrogens with zero attached hydrogens (tertiary/aromatic N) is 8. The van der Waals surface area contributed by atoms with Gasteiger partial charge in [-0.15, -0.1) is 0 Å². The Labute approximate surface area is 347 Å². The number of aromatic nitrogens is 6. The van der Waals surface area contributed by atoms with Crippen molar-refractivity contribution < 1.29 is 22.8 Å². The highest BCUT2D eigenvalue weighted by Crippen LogP contribution is 2.36. The summed E-state index contributed by atoms with van der Waals surface area (Å²) in [5.74, 6) is -0.872. The van der Waals surface area contributed by atoms with Gasteiger partial charge in [0.15, 0.2) is 5.69 Å². The molecule has 0 aliphatic heterocycles. The van der Waals surface area contributed by atoms with E-state index in [1.54, 1.807) is 79.3 Å². The minimum absolute atomic E-state index is 0.0503. The Bertz CT molecular complexity index is 3000. The lowest BCUT2D eigenvalue weighted by molar-refractivity contribution is -0.140. The molecule has 0 unspecified atom stereocenters. The molecule has 61 heavy (non-hydrogen) atoms. The van der Waals surface area contributed by atoms with Crippen LogP contribution in [0.15, 0.2) is 122 Å². The number of fused-ring (bicyclic) bond motifs is 2. The largest absolute Gasteiger partial charge is 0.437 e. The van der Waals surface area contributed by atoms with E-state index in [4.69, 9.17) is 10.5 Å². The van der Waals surface area contributed by atoms with E-state index in [-0.39, 0.29) is 23.7 Å². The van der Waals surface area contributed by atoms with Crippen molar-refractivity contribution in [3.63, 3.8) is 0 Å². The van der Waals surface area contributed by atoms with Crippen molar-refractivity contribution in [1.82, 2.24) is 29.5 Å². The van der Waals surface area contributed by atoms with Gasteiger partial charge in [-0.2, -0.15) is 33.9 Å². The van der Waals surface area contributed by atoms with Crippen LogP contribution in [0.1, 0.15) is 65.7 Å². The van der Waals surface area contributed by atoms with Gasteiger partial charge in [-0.25, -0.2) is 0 Å². The van der Waals surface area contributed by atoms with Crippen LogP contribution in [0.25, 0.3) is 21.5 Å². The summed E-state index contributed by atoms with van der Waals surface area (Å²) in [5.41, 5.74) is 4.50. The van der Waals surface area contributed by atoms with Crippen LogP contribution in [0.4, 0.5) is 24.5 Å². The van der Waals surface area contributed by atoms with E-state index in [2.05, 4.69) is 36.9 Å². The Morgan fingerprint density at radius 3 is 1.52 bits per heavy atom. The SMILES string of the molecule is Cc1c(NC(=O)c2cccc3ccncc23)c(C(F)(F)F)nn1Cc1ccc(C#N)cc1.Cc1nn(Cc2ccc(C#N)cc2)c(C)c1NC(=O)c1cccc2ccncc12. The zero-order valence-electron chi connectivity index (χ0n) is 33.0. The molecular weight excluding hydrogens is 782 g/mol. The summed E-state index contributed by atoms with van der Waals surface area (Å²) < 4.78 is 44.2. The van der Waals surface area contributed by atoms with Gasteiger partial charge in [0.05, 0.1) is 64.8 Å². The number of benzene rings is 4. The molecule has 0 fully saturated rings. The summed E-state index contributed by atoms with van der Waals surface area (Å²) in [6.07, 6.45) is 1.73. The van der Waals surface area contributed by atoms with Crippen LogP contribution in [-0.4, -0.2) is 41.3 Å². The molecule has 4 aromatic carbocycles. The van der Waals surface area contributed by atoms with Gasteiger partial charge in [0.1, 0.15) is 0 Å². The highest BCUT2D eigenvalue weighted by molar-refractivity contribution is 6.14. The first-order valence-electron chi connectivity index (χ1n) is 18.8. The summed E-state index contributed by atoms with van der Waals surface area (Å²) in [4.78, 5) is 34.0. The fourth-order valence-electron chi connectivity index (χ4n) is 6.78. The second kappa shape index (κ2) is 17.4. The van der Waals surface area contributed by atoms with Gasteiger partial charge in [-0.05, 0) is 91.2 Å². The summed E-state index contributed by atoms with van der Waals surface area (Å²) in [6.45, 7) is 5.89. The smallest absolute Gasteiger partial charge is 0.319 e. The van der Waals surface area contributed by atoms with E-state index in [1.807, 2.05) is 54.9 Å². The van der Waals surface area contributed by atoms with Crippen LogP contribution in [0.5, 0.6) is 0 Å². The fraction of sp³-hybridized carbons (Fsp3) is 0.130. The van der Waals surface area contributed by atoms with E-state index < -0.39 is 23.5 Å². The van der Waals surface area contributed by atoms with E-state index in [9.17, 15) is 22.8 Å². The molecule has 2 amide bonds. The molecule has 8 aromatic rings. The number of alkyl halides is 3. The van der Waals surface area contributed by atoms with Crippen molar-refractivity contribution in [2.24, 2.45) is 0 Å². The number of aryl methyl sites for hydroxylation is 1. The molecule has 0 atom stereocenters. The summed E-state index contributed by atoms with van der Waals surface area (Å²) >= 11 is 0. The predicted octanol–water partition coefficient (Wildman–Crippen LogP) is 9.15. The topological polar surface area (TPSA) is 167 Å². The average molecular weight is 817 g/mol. The maximum absolute atomic E-state index is 13.7. The quantitative estimate of drug-likeness (QED) is 0.153. The van der Waals surface area contributed by atoms with Crippen LogP contribution in [0.2, 0.25) is 0 Å². The van der Waals surface area contributed by atoms with Crippen LogP contribution >= 0.6 is 0 Å². The lowest BCUT2D eigenvalue weighted by Crippen LogP contribution is -2.17. The molecule has 4 aromatic heterocycles. The molecule has 12 nitrogen and oxygen atoms in total. The van der Waals surface area contributed by atoms with Crippen molar-refractivity contribution in [1.29, 1.82) is 10.5 Å². The third kappa shape index (κ3) is 8.96. The van der Waals surface area contributed by atoms with Gasteiger partial charge in [0.25, 0.3) is 11.8 Å². The van der Waals surface area contributed by atoms with Crippen LogP contribution in [0.3, 0.4) is 0 Å². The number of anilines is 2. The molecule has 2 N–H and O–H groups in total. The third-order valence-electron chi connectivity index (χ3n) is 10.0. The van der Waals surface area contributed by atoms with E-state index >= 15 is 0 Å². The zero-order chi connectivity index (χ0) is 43.3. The number of amides is 2. The van der Waals surface area contributed by atoms with Gasteiger partial charge in [0.2, 0.25) is 0 Å². The van der Waals surface area contributed by atoms with Gasteiger partial charge < -0.3 is 10.6 Å². The molecule has 0 saturated carbocycles. The number of carbonyl (C=O) groups is 2. The number of nitriles is 2. The number of nitrogens with one attached hydrogen (secondary N) is 2. The molecule has 0 spiro atoms. The summed E-state index contributed by atoms with van der Waals surface area (Å²) in [7, 11) is 0. The first-order chi connectivity index (χ1) is 29.3. The monoisotopic (exact) mass is 816 g/mol. The van der Waals surface area contributed by atoms with Crippen molar-refractivity contribution in [3.8, 4) is 12.1 Å². The van der Waals surface area contributed by atoms with E-state index in [0.29, 0.717) is 39.9 Å². The Kier molecular flexibility index (Phi) is 11.7. The summed E-state index contributed by atoms with van der Waals surface area (Å²) in [5, 5.41) is 34.6. The molecular formula is C46H35F3N10O2. The number of carbonyl (C=O) groups excluding carboxylic acids is 2. The number of rotatable bonds is 8. The predicted molar refractivity (Wildman–Crippen MR) is 224 cm³/mol. The number of halogens is 3. The molecule has 0 aliphatic carbocycles. The standard InChI is InChI=1S/C23H16F3N5O.C23H19N5O/c1-14-20(29-22(32)18-4-2-3-17-9-10-28-12-19(17)18)21(23(24,25)26)30-31(14)13-16-7-5-15(11-27)6-8-16;1-15-22(16(2)28(27-15)14-18-8-6-17(12-24)7-9-18)26-23(29)20-5-3-4-19-10-11-25-13-21(19)20/h2-10,12H,13H2,1H3,(H,29,32);3-11,13H,14H2,1-2H3,(H,26,29).